The van der Waals surface area contributed by atoms with Crippen LogP contribution < -0.4 is 5.14 Å². The molecule has 8 heteroatoms. The second-order valence-electron chi connectivity index (χ2n) is 10.2. The topological polar surface area (TPSA) is 105 Å². The first-order valence-corrected chi connectivity index (χ1v) is 14.7. The van der Waals surface area contributed by atoms with Gasteiger partial charge in [0.1, 0.15) is 5.69 Å². The van der Waals surface area contributed by atoms with E-state index < -0.39 is 10.0 Å². The average Bonchev–Trinajstić information content (AvgIpc) is 3.37. The van der Waals surface area contributed by atoms with Crippen molar-refractivity contribution in [2.24, 2.45) is 5.14 Å². The molecule has 0 bridgehead atoms. The molecule has 3 aromatic carbocycles. The van der Waals surface area contributed by atoms with Crippen LogP contribution in [0.5, 0.6) is 0 Å². The number of rotatable bonds is 6. The summed E-state index contributed by atoms with van der Waals surface area (Å²) >= 11 is 0. The van der Waals surface area contributed by atoms with Gasteiger partial charge in [0.05, 0.1) is 22.7 Å². The Morgan fingerprint density at radius 1 is 0.975 bits per heavy atom. The molecule has 2 N–H and O–H groups in total. The van der Waals surface area contributed by atoms with Crippen molar-refractivity contribution in [2.75, 3.05) is 7.11 Å². The minimum Gasteiger partial charge on any atom is -0.429 e. The molecule has 4 aromatic rings. The van der Waals surface area contributed by atoms with Crippen LogP contribution in [0.15, 0.2) is 88.2 Å². The monoisotopic (exact) mass is 556 g/mol. The number of methoxy groups -OCH3 is 1. The predicted octanol–water partition coefficient (Wildman–Crippen LogP) is 5.68. The van der Waals surface area contributed by atoms with Gasteiger partial charge in [0.2, 0.25) is 10.0 Å². The van der Waals surface area contributed by atoms with Crippen LogP contribution in [0.3, 0.4) is 0 Å². The summed E-state index contributed by atoms with van der Waals surface area (Å²) in [6.07, 6.45) is 2.32. The van der Waals surface area contributed by atoms with E-state index in [1.165, 1.54) is 12.1 Å². The van der Waals surface area contributed by atoms with Gasteiger partial charge in [0.25, 0.3) is 5.89 Å². The van der Waals surface area contributed by atoms with E-state index in [0.29, 0.717) is 23.4 Å². The van der Waals surface area contributed by atoms with Gasteiger partial charge in [-0.15, -0.1) is 0 Å². The fraction of sp³-hybridized carbons (Fsp3) is 0.281. The molecule has 0 saturated carbocycles. The third-order valence-electron chi connectivity index (χ3n) is 7.15. The quantitative estimate of drug-likeness (QED) is 0.307. The third-order valence-corrected chi connectivity index (χ3v) is 8.08. The maximum atomic E-state index is 11.7. The lowest BCUT2D eigenvalue weighted by molar-refractivity contribution is -0.152. The van der Waals surface area contributed by atoms with Gasteiger partial charge in [-0.05, 0) is 55.2 Å². The van der Waals surface area contributed by atoms with Crippen LogP contribution in [-0.4, -0.2) is 32.7 Å². The largest absolute Gasteiger partial charge is 0.429 e. The van der Waals surface area contributed by atoms with Crippen LogP contribution in [0.2, 0.25) is 0 Å². The molecule has 1 aliphatic rings. The molecule has 1 aromatic heterocycles. The Kier molecular flexibility index (Phi) is 7.92. The Morgan fingerprint density at radius 3 is 2.33 bits per heavy atom. The molecule has 5 rings (SSSR count). The second kappa shape index (κ2) is 11.4. The maximum absolute atomic E-state index is 11.7. The van der Waals surface area contributed by atoms with Crippen LogP contribution in [0.1, 0.15) is 43.7 Å². The lowest BCUT2D eigenvalue weighted by Gasteiger charge is -2.42. The molecule has 0 radical (unpaired) electrons. The van der Waals surface area contributed by atoms with Crippen molar-refractivity contribution in [3.63, 3.8) is 0 Å². The van der Waals surface area contributed by atoms with Gasteiger partial charge in [-0.2, -0.15) is 0 Å². The summed E-state index contributed by atoms with van der Waals surface area (Å²) in [6, 6.07) is 24.2. The number of aromatic nitrogens is 1. The zero-order valence-corrected chi connectivity index (χ0v) is 23.6. The number of hydrogen-bond acceptors (Lipinski definition) is 6. The molecule has 1 aliphatic heterocycles. The van der Waals surface area contributed by atoms with Gasteiger partial charge in [0.15, 0.2) is 5.76 Å². The highest BCUT2D eigenvalue weighted by molar-refractivity contribution is 7.89. The highest BCUT2D eigenvalue weighted by atomic mass is 32.2. The summed E-state index contributed by atoms with van der Waals surface area (Å²) in [6.45, 7) is 4.17. The molecule has 2 heterocycles. The molecule has 0 amide bonds. The highest BCUT2D eigenvalue weighted by Gasteiger charge is 2.40. The molecule has 7 nitrogen and oxygen atoms in total. The summed E-state index contributed by atoms with van der Waals surface area (Å²) in [7, 11) is -2.03. The number of nitrogens with two attached hydrogens (primary N) is 1. The van der Waals surface area contributed by atoms with Crippen molar-refractivity contribution >= 4 is 10.0 Å². The number of nitrogens with zero attached hydrogens (tertiary/aromatic N) is 1. The van der Waals surface area contributed by atoms with Crippen LogP contribution >= 0.6 is 0 Å². The molecule has 2 unspecified atom stereocenters. The first-order valence-electron chi connectivity index (χ1n) is 13.2. The number of ether oxygens (including phenoxy) is 2. The summed E-state index contributed by atoms with van der Waals surface area (Å²) in [4.78, 5) is 4.70. The fourth-order valence-corrected chi connectivity index (χ4v) is 5.88. The van der Waals surface area contributed by atoms with Gasteiger partial charge in [-0.1, -0.05) is 60.5 Å². The first kappa shape index (κ1) is 27.8. The lowest BCUT2D eigenvalue weighted by atomic mass is 9.80. The normalized spacial score (nSPS) is 21.0. The van der Waals surface area contributed by atoms with Crippen molar-refractivity contribution in [2.45, 2.75) is 55.8 Å². The average molecular weight is 557 g/mol. The summed E-state index contributed by atoms with van der Waals surface area (Å²) < 4.78 is 41.5. The zero-order valence-electron chi connectivity index (χ0n) is 22.8. The minimum atomic E-state index is -3.80. The molecule has 0 spiro atoms. The Labute approximate surface area is 235 Å². The third kappa shape index (κ3) is 6.03. The van der Waals surface area contributed by atoms with E-state index in [4.69, 9.17) is 19.0 Å². The van der Waals surface area contributed by atoms with E-state index in [1.54, 1.807) is 19.2 Å². The van der Waals surface area contributed by atoms with E-state index >= 15 is 0 Å². The van der Waals surface area contributed by atoms with Crippen LogP contribution in [0.25, 0.3) is 22.6 Å². The summed E-state index contributed by atoms with van der Waals surface area (Å²) in [5, 5.41) is 5.26. The molecule has 2 atom stereocenters. The molecule has 1 fully saturated rings. The highest BCUT2D eigenvalue weighted by Crippen LogP contribution is 2.40. The van der Waals surface area contributed by atoms with Crippen molar-refractivity contribution in [1.82, 2.24) is 4.98 Å². The number of sulfonamides is 1. The Morgan fingerprint density at radius 2 is 1.68 bits per heavy atom. The Hall–Kier alpha value is -3.74. The molecular formula is C32H32N2O5S. The number of hydrogen-bond donors (Lipinski definition) is 1. The van der Waals surface area contributed by atoms with Crippen molar-refractivity contribution in [3.8, 4) is 34.4 Å². The number of primary sulfonamides is 1. The van der Waals surface area contributed by atoms with E-state index in [-0.39, 0.29) is 28.6 Å². The summed E-state index contributed by atoms with van der Waals surface area (Å²) in [5.41, 5.74) is 3.97. The zero-order chi connectivity index (χ0) is 28.3. The second-order valence-corrected chi connectivity index (χ2v) is 11.7. The van der Waals surface area contributed by atoms with Gasteiger partial charge < -0.3 is 13.9 Å². The molecular weight excluding hydrogens is 524 g/mol. The fourth-order valence-electron chi connectivity index (χ4n) is 5.37. The summed E-state index contributed by atoms with van der Waals surface area (Å²) in [5.74, 6) is 7.05. The Balaban J connectivity index is 1.43. The SMILES string of the molecule is COC1(c2cccc(CC#Cc3nc(-c4ccccc4)c(-c4ccc(S(N)(=O)=O)cc4)o3)c2)CC(C)OC(C)C1. The van der Waals surface area contributed by atoms with Crippen molar-refractivity contribution < 1.29 is 22.3 Å². The van der Waals surface area contributed by atoms with E-state index in [1.807, 2.05) is 36.4 Å². The maximum Gasteiger partial charge on any atom is 0.274 e. The van der Waals surface area contributed by atoms with Gasteiger partial charge in [-0.3, -0.25) is 0 Å². The van der Waals surface area contributed by atoms with Gasteiger partial charge in [-0.25, -0.2) is 18.5 Å². The van der Waals surface area contributed by atoms with Crippen LogP contribution in [-0.2, 0) is 31.5 Å². The molecule has 1 saturated heterocycles. The van der Waals surface area contributed by atoms with Crippen molar-refractivity contribution in [1.29, 1.82) is 0 Å². The molecule has 40 heavy (non-hydrogen) atoms. The Bertz CT molecular complexity index is 1640. The van der Waals surface area contributed by atoms with Crippen LogP contribution in [0.4, 0.5) is 0 Å². The van der Waals surface area contributed by atoms with Crippen molar-refractivity contribution in [3.05, 3.63) is 95.9 Å². The standard InChI is InChI=1S/C32H32N2O5S/c1-22-20-32(37-3,21-23(2)38-22)27-13-7-9-24(19-27)10-8-14-29-34-30(25-11-5-4-6-12-25)31(39-29)26-15-17-28(18-16-26)40(33,35)36/h4-7,9,11-13,15-19,22-23H,10,20-21H2,1-3H3,(H2,33,35,36). The predicted molar refractivity (Wildman–Crippen MR) is 154 cm³/mol. The minimum absolute atomic E-state index is 0.0270. The van der Waals surface area contributed by atoms with E-state index in [9.17, 15) is 8.42 Å². The van der Waals surface area contributed by atoms with Gasteiger partial charge in [0, 0.05) is 37.5 Å². The number of benzene rings is 3. The molecule has 0 aliphatic carbocycles. The smallest absolute Gasteiger partial charge is 0.274 e. The lowest BCUT2D eigenvalue weighted by Crippen LogP contribution is -2.42. The number of oxazole rings is 1. The van der Waals surface area contributed by atoms with E-state index in [0.717, 1.165) is 29.5 Å². The van der Waals surface area contributed by atoms with E-state index in [2.05, 4.69) is 48.9 Å². The van der Waals surface area contributed by atoms with Gasteiger partial charge >= 0.3 is 0 Å². The van der Waals surface area contributed by atoms with Crippen LogP contribution in [0, 0.1) is 11.8 Å². The first-order chi connectivity index (χ1) is 19.2. The molecule has 206 valence electrons.